The summed E-state index contributed by atoms with van der Waals surface area (Å²) in [5, 5.41) is 0.553. The number of carbonyl (C=O) groups is 2. The van der Waals surface area contributed by atoms with Crippen LogP contribution in [0.5, 0.6) is 0 Å². The van der Waals surface area contributed by atoms with Gasteiger partial charge < -0.3 is 11.5 Å². The summed E-state index contributed by atoms with van der Waals surface area (Å²) in [6, 6.07) is 18.8. The van der Waals surface area contributed by atoms with Gasteiger partial charge in [0.05, 0.1) is 5.92 Å². The Bertz CT molecular complexity index is 1030. The molecular formula is C22H18BrClN2O2. The lowest BCUT2D eigenvalue weighted by Crippen LogP contribution is -2.19. The molecular weight excluding hydrogens is 440 g/mol. The number of hydrogen-bond acceptors (Lipinski definition) is 4. The first-order valence-electron chi connectivity index (χ1n) is 8.59. The zero-order valence-electron chi connectivity index (χ0n) is 14.9. The van der Waals surface area contributed by atoms with Crippen molar-refractivity contribution in [2.75, 3.05) is 11.5 Å². The zero-order valence-corrected chi connectivity index (χ0v) is 17.2. The Morgan fingerprint density at radius 3 is 2.21 bits per heavy atom. The number of hydrogen-bond donors (Lipinski definition) is 2. The van der Waals surface area contributed by atoms with E-state index in [1.807, 2.05) is 0 Å². The van der Waals surface area contributed by atoms with Crippen molar-refractivity contribution in [3.63, 3.8) is 0 Å². The third kappa shape index (κ3) is 4.43. The SMILES string of the molecule is Nc1ccccc1C(=O)CC(C(=O)c1ccc(Br)cc1N)c1ccc(Cl)cc1. The van der Waals surface area contributed by atoms with Crippen LogP contribution in [0.3, 0.4) is 0 Å². The highest BCUT2D eigenvalue weighted by molar-refractivity contribution is 9.10. The molecule has 3 aromatic carbocycles. The molecule has 4 nitrogen and oxygen atoms in total. The van der Waals surface area contributed by atoms with Crippen LogP contribution in [0.4, 0.5) is 11.4 Å². The lowest BCUT2D eigenvalue weighted by Gasteiger charge is -2.18. The van der Waals surface area contributed by atoms with Crippen LogP contribution in [-0.4, -0.2) is 11.6 Å². The zero-order chi connectivity index (χ0) is 20.3. The Morgan fingerprint density at radius 2 is 1.57 bits per heavy atom. The highest BCUT2D eigenvalue weighted by Crippen LogP contribution is 2.31. The van der Waals surface area contributed by atoms with Crippen LogP contribution in [0.1, 0.15) is 38.6 Å². The van der Waals surface area contributed by atoms with Crippen molar-refractivity contribution >= 4 is 50.5 Å². The molecule has 0 fully saturated rings. The predicted molar refractivity (Wildman–Crippen MR) is 117 cm³/mol. The molecule has 3 rings (SSSR count). The van der Waals surface area contributed by atoms with Gasteiger partial charge in [-0.25, -0.2) is 0 Å². The molecule has 142 valence electrons. The predicted octanol–water partition coefficient (Wildman–Crippen LogP) is 5.51. The molecule has 0 amide bonds. The maximum absolute atomic E-state index is 13.3. The first-order valence-corrected chi connectivity index (χ1v) is 9.76. The van der Waals surface area contributed by atoms with Crippen molar-refractivity contribution in [2.24, 2.45) is 0 Å². The van der Waals surface area contributed by atoms with Crippen molar-refractivity contribution < 1.29 is 9.59 Å². The second-order valence-corrected chi connectivity index (χ2v) is 7.77. The highest BCUT2D eigenvalue weighted by atomic mass is 79.9. The van der Waals surface area contributed by atoms with Gasteiger partial charge in [0.2, 0.25) is 0 Å². The molecule has 1 atom stereocenters. The Kier molecular flexibility index (Phi) is 6.17. The standard InChI is InChI=1S/C22H18BrClN2O2/c23-14-7-10-17(20(26)11-14)22(28)18(13-5-8-15(24)9-6-13)12-21(27)16-3-1-2-4-19(16)25/h1-11,18H,12,25-26H2. The van der Waals surface area contributed by atoms with E-state index in [0.717, 1.165) is 4.47 Å². The Hall–Kier alpha value is -2.63. The topological polar surface area (TPSA) is 86.2 Å². The fraction of sp³-hybridized carbons (Fsp3) is 0.0909. The van der Waals surface area contributed by atoms with Gasteiger partial charge in [-0.3, -0.25) is 9.59 Å². The molecule has 0 radical (unpaired) electrons. The van der Waals surface area contributed by atoms with Gasteiger partial charge in [0.25, 0.3) is 0 Å². The van der Waals surface area contributed by atoms with E-state index in [2.05, 4.69) is 15.9 Å². The van der Waals surface area contributed by atoms with E-state index in [-0.39, 0.29) is 18.0 Å². The molecule has 0 saturated heterocycles. The molecule has 0 aliphatic rings. The molecule has 0 bridgehead atoms. The fourth-order valence-electron chi connectivity index (χ4n) is 3.05. The molecule has 1 unspecified atom stereocenters. The van der Waals surface area contributed by atoms with Crippen LogP contribution in [0.25, 0.3) is 0 Å². The Labute approximate surface area is 176 Å². The van der Waals surface area contributed by atoms with Crippen LogP contribution in [0.15, 0.2) is 71.2 Å². The molecule has 6 heteroatoms. The molecule has 0 aromatic heterocycles. The number of benzene rings is 3. The highest BCUT2D eigenvalue weighted by Gasteiger charge is 2.27. The average molecular weight is 458 g/mol. The molecule has 28 heavy (non-hydrogen) atoms. The molecule has 0 spiro atoms. The smallest absolute Gasteiger partial charge is 0.172 e. The maximum atomic E-state index is 13.3. The number of ketones is 2. The second-order valence-electron chi connectivity index (χ2n) is 6.41. The van der Waals surface area contributed by atoms with Gasteiger partial charge >= 0.3 is 0 Å². The molecule has 4 N–H and O–H groups in total. The lowest BCUT2D eigenvalue weighted by atomic mass is 9.85. The average Bonchev–Trinajstić information content (AvgIpc) is 2.66. The summed E-state index contributed by atoms with van der Waals surface area (Å²) in [5.41, 5.74) is 14.2. The van der Waals surface area contributed by atoms with E-state index in [0.29, 0.717) is 33.1 Å². The normalized spacial score (nSPS) is 11.8. The summed E-state index contributed by atoms with van der Waals surface area (Å²) in [6.07, 6.45) is -0.0236. The van der Waals surface area contributed by atoms with E-state index >= 15 is 0 Å². The molecule has 3 aromatic rings. The van der Waals surface area contributed by atoms with Gasteiger partial charge in [-0.05, 0) is 48.0 Å². The van der Waals surface area contributed by atoms with Gasteiger partial charge in [-0.1, -0.05) is 51.8 Å². The minimum Gasteiger partial charge on any atom is -0.398 e. The summed E-state index contributed by atoms with van der Waals surface area (Å²) < 4.78 is 0.776. The van der Waals surface area contributed by atoms with Gasteiger partial charge in [0.1, 0.15) is 0 Å². The van der Waals surface area contributed by atoms with Crippen LogP contribution in [0.2, 0.25) is 5.02 Å². The fourth-order valence-corrected chi connectivity index (χ4v) is 3.55. The molecule has 0 aliphatic heterocycles. The number of halogens is 2. The van der Waals surface area contributed by atoms with Crippen LogP contribution in [0, 0.1) is 0 Å². The Balaban J connectivity index is 2.00. The quantitative estimate of drug-likeness (QED) is 0.378. The number of rotatable bonds is 6. The largest absolute Gasteiger partial charge is 0.398 e. The maximum Gasteiger partial charge on any atom is 0.172 e. The van der Waals surface area contributed by atoms with Gasteiger partial charge in [0, 0.05) is 38.4 Å². The third-order valence-electron chi connectivity index (χ3n) is 4.52. The minimum atomic E-state index is -0.701. The third-order valence-corrected chi connectivity index (χ3v) is 5.26. The van der Waals surface area contributed by atoms with E-state index < -0.39 is 5.92 Å². The number of carbonyl (C=O) groups excluding carboxylic acids is 2. The lowest BCUT2D eigenvalue weighted by molar-refractivity contribution is 0.0894. The van der Waals surface area contributed by atoms with Crippen molar-refractivity contribution in [1.82, 2.24) is 0 Å². The van der Waals surface area contributed by atoms with E-state index in [9.17, 15) is 9.59 Å². The van der Waals surface area contributed by atoms with E-state index in [1.165, 1.54) is 0 Å². The van der Waals surface area contributed by atoms with Crippen LogP contribution in [-0.2, 0) is 0 Å². The van der Waals surface area contributed by atoms with Crippen molar-refractivity contribution in [2.45, 2.75) is 12.3 Å². The number of anilines is 2. The van der Waals surface area contributed by atoms with Gasteiger partial charge in [-0.2, -0.15) is 0 Å². The van der Waals surface area contributed by atoms with Gasteiger partial charge in [-0.15, -0.1) is 0 Å². The minimum absolute atomic E-state index is 0.0236. The number of nitrogens with two attached hydrogens (primary N) is 2. The summed E-state index contributed by atoms with van der Waals surface area (Å²) in [6.45, 7) is 0. The van der Waals surface area contributed by atoms with Crippen LogP contribution < -0.4 is 11.5 Å². The molecule has 0 heterocycles. The number of Topliss-reactive ketones (excluding diaryl/α,β-unsaturated/α-hetero) is 2. The number of nitrogen functional groups attached to an aromatic ring is 2. The first-order chi connectivity index (χ1) is 13.4. The first kappa shape index (κ1) is 20.1. The summed E-state index contributed by atoms with van der Waals surface area (Å²) >= 11 is 9.32. The van der Waals surface area contributed by atoms with Crippen molar-refractivity contribution in [1.29, 1.82) is 0 Å². The van der Waals surface area contributed by atoms with E-state index in [4.69, 9.17) is 23.1 Å². The van der Waals surface area contributed by atoms with Crippen molar-refractivity contribution in [3.05, 3.63) is 92.9 Å². The molecule has 0 aliphatic carbocycles. The molecule has 0 saturated carbocycles. The van der Waals surface area contributed by atoms with Crippen molar-refractivity contribution in [3.8, 4) is 0 Å². The van der Waals surface area contributed by atoms with Crippen LogP contribution >= 0.6 is 27.5 Å². The van der Waals surface area contributed by atoms with E-state index in [1.54, 1.807) is 66.7 Å². The van der Waals surface area contributed by atoms with Gasteiger partial charge in [0.15, 0.2) is 11.6 Å². The summed E-state index contributed by atoms with van der Waals surface area (Å²) in [4.78, 5) is 26.2. The second kappa shape index (κ2) is 8.59. The summed E-state index contributed by atoms with van der Waals surface area (Å²) in [7, 11) is 0. The Morgan fingerprint density at radius 1 is 0.893 bits per heavy atom. The number of para-hydroxylation sites is 1. The monoisotopic (exact) mass is 456 g/mol. The summed E-state index contributed by atoms with van der Waals surface area (Å²) in [5.74, 6) is -1.13.